The quantitative estimate of drug-likeness (QED) is 0.0384. The summed E-state index contributed by atoms with van der Waals surface area (Å²) in [6.45, 7) is 0.485. The van der Waals surface area contributed by atoms with E-state index in [9.17, 15) is 39.4 Å². The zero-order chi connectivity index (χ0) is 56.5. The highest BCUT2D eigenvalue weighted by molar-refractivity contribution is 6.33. The number of carbonyl (C=O) groups is 4. The Morgan fingerprint density at radius 3 is 1.35 bits per heavy atom. The third-order valence-corrected chi connectivity index (χ3v) is 11.3. The van der Waals surface area contributed by atoms with Crippen LogP contribution in [0.1, 0.15) is 47.1 Å². The van der Waals surface area contributed by atoms with Gasteiger partial charge in [0.1, 0.15) is 45.6 Å². The molecule has 1 amide bonds. The zero-order valence-electron chi connectivity index (χ0n) is 41.3. The molecule has 9 rings (SSSR count). The number of rotatable bonds is 14. The number of para-hydroxylation sites is 4. The van der Waals surface area contributed by atoms with Gasteiger partial charge in [0.2, 0.25) is 0 Å². The first-order valence-electron chi connectivity index (χ1n) is 23.0. The summed E-state index contributed by atoms with van der Waals surface area (Å²) in [4.78, 5) is 67.1. The van der Waals surface area contributed by atoms with Crippen molar-refractivity contribution in [3.8, 4) is 34.5 Å². The Morgan fingerprint density at radius 2 is 0.910 bits per heavy atom. The van der Waals surface area contributed by atoms with Gasteiger partial charge in [0.25, 0.3) is 17.3 Å². The molecule has 0 atom stereocenters. The van der Waals surface area contributed by atoms with E-state index in [4.69, 9.17) is 52.6 Å². The number of non-ortho nitro benzene ring substituents is 2. The van der Waals surface area contributed by atoms with E-state index in [0.717, 1.165) is 53.0 Å². The molecule has 21 heteroatoms. The third-order valence-electron chi connectivity index (χ3n) is 11.0. The Bertz CT molecular complexity index is 3620. The van der Waals surface area contributed by atoms with Gasteiger partial charge < -0.3 is 50.5 Å². The minimum absolute atomic E-state index is 0.0621. The highest BCUT2D eigenvalue weighted by Crippen LogP contribution is 2.32. The van der Waals surface area contributed by atoms with E-state index in [0.29, 0.717) is 46.5 Å². The molecule has 0 radical (unpaired) electrons. The van der Waals surface area contributed by atoms with Crippen molar-refractivity contribution < 1.29 is 58.6 Å². The minimum Gasteiger partial charge on any atom is -0.478 e. The van der Waals surface area contributed by atoms with Gasteiger partial charge in [0.05, 0.1) is 38.6 Å². The van der Waals surface area contributed by atoms with E-state index >= 15 is 0 Å². The fraction of sp³-hybridized carbons (Fsp3) is 0.0526. The average molecular weight is 1080 g/mol. The highest BCUT2D eigenvalue weighted by Gasteiger charge is 2.21. The van der Waals surface area contributed by atoms with E-state index in [1.54, 1.807) is 72.6 Å². The summed E-state index contributed by atoms with van der Waals surface area (Å²) in [7, 11) is 3.81. The van der Waals surface area contributed by atoms with E-state index < -0.39 is 27.8 Å². The Kier molecular flexibility index (Phi) is 19.2. The molecule has 0 fully saturated rings. The number of aromatic nitrogens is 1. The van der Waals surface area contributed by atoms with Crippen molar-refractivity contribution in [2.45, 2.75) is 6.54 Å². The Labute approximate surface area is 449 Å². The maximum atomic E-state index is 13.2. The second kappa shape index (κ2) is 26.5. The second-order valence-corrected chi connectivity index (χ2v) is 16.9. The number of anilines is 2. The molecule has 0 aliphatic carbocycles. The van der Waals surface area contributed by atoms with Crippen LogP contribution in [0.25, 0.3) is 10.9 Å². The molecule has 0 saturated carbocycles. The lowest BCUT2D eigenvalue weighted by Gasteiger charge is -2.20. The standard InChI is InChI=1S/C24H23N3O2.C13H9NO5.C13H11NO3.C7H4ClNO4/c1-26(16-19-14-17-8-6-7-11-22(17)27(19)2)24(28)21-13-12-18(25)15-23(21)29-20-9-4-3-5-10-20;15-13(16)11-7-6-9(14(17)18)8-12(11)19-10-4-2-1-3-5-10;14-9-6-7-11(13(15)16)12(8-9)17-10-4-2-1-3-5-10;8-6-3-4(9(12)13)1-2-5(6)7(10)11/h3-15H,16,25H2,1-2H3;1-8H,(H,15,16);1-8H,14H2,(H,15,16);1-3H,(H,10,11). The molecule has 7 N–H and O–H groups in total. The Balaban J connectivity index is 0.000000176. The highest BCUT2D eigenvalue weighted by atomic mass is 35.5. The van der Waals surface area contributed by atoms with Gasteiger partial charge in [-0.05, 0) is 90.3 Å². The largest absolute Gasteiger partial charge is 0.478 e. The summed E-state index contributed by atoms with van der Waals surface area (Å²) >= 11 is 5.48. The number of fused-ring (bicyclic) bond motifs is 1. The number of carboxylic acid groups (broad SMARTS) is 3. The van der Waals surface area contributed by atoms with Crippen LogP contribution in [0, 0.1) is 20.2 Å². The van der Waals surface area contributed by atoms with Gasteiger partial charge in [-0.1, -0.05) is 84.4 Å². The van der Waals surface area contributed by atoms with Crippen LogP contribution in [0.2, 0.25) is 5.02 Å². The molecule has 8 aromatic carbocycles. The number of aromatic carboxylic acids is 3. The number of nitrogens with two attached hydrogens (primary N) is 2. The van der Waals surface area contributed by atoms with Crippen molar-refractivity contribution in [2.75, 3.05) is 18.5 Å². The van der Waals surface area contributed by atoms with E-state index in [1.165, 1.54) is 18.2 Å². The van der Waals surface area contributed by atoms with Crippen molar-refractivity contribution >= 4 is 69.1 Å². The van der Waals surface area contributed by atoms with Gasteiger partial charge in [0.15, 0.2) is 0 Å². The first-order valence-corrected chi connectivity index (χ1v) is 23.4. The number of carboxylic acids is 3. The van der Waals surface area contributed by atoms with Crippen LogP contribution < -0.4 is 25.7 Å². The number of benzene rings is 8. The SMILES string of the molecule is CN(Cc1cc2ccccc2n1C)C(=O)c1ccc(N)cc1Oc1ccccc1.Nc1ccc(C(=O)O)c(Oc2ccccc2)c1.O=C(O)c1ccc([N+](=O)[O-])cc1Cl.O=C(O)c1ccc([N+](=O)[O-])cc1Oc1ccccc1. The topological polar surface area (TPSA) is 303 Å². The van der Waals surface area contributed by atoms with Crippen LogP contribution in [-0.2, 0) is 13.6 Å². The predicted octanol–water partition coefficient (Wildman–Crippen LogP) is 12.6. The van der Waals surface area contributed by atoms with Crippen molar-refractivity contribution in [1.29, 1.82) is 0 Å². The van der Waals surface area contributed by atoms with E-state index in [1.807, 2.05) is 67.7 Å². The van der Waals surface area contributed by atoms with Gasteiger partial charge in [-0.3, -0.25) is 25.0 Å². The number of halogens is 1. The number of amides is 1. The second-order valence-electron chi connectivity index (χ2n) is 16.4. The number of nitro groups is 2. The number of nitrogen functional groups attached to an aromatic ring is 2. The van der Waals surface area contributed by atoms with E-state index in [-0.39, 0.29) is 50.5 Å². The molecule has 396 valence electrons. The summed E-state index contributed by atoms with van der Waals surface area (Å²) < 4.78 is 18.9. The number of nitrogens with zero attached hydrogens (tertiary/aromatic N) is 4. The van der Waals surface area contributed by atoms with Gasteiger partial charge in [-0.25, -0.2) is 14.4 Å². The number of hydrogen-bond donors (Lipinski definition) is 5. The molecular weight excluding hydrogens is 1030 g/mol. The van der Waals surface area contributed by atoms with Crippen LogP contribution in [0.4, 0.5) is 22.7 Å². The van der Waals surface area contributed by atoms with Gasteiger partial charge >= 0.3 is 17.9 Å². The number of ether oxygens (including phenoxy) is 3. The maximum Gasteiger partial charge on any atom is 0.339 e. The fourth-order valence-corrected chi connectivity index (χ4v) is 7.40. The Hall–Kier alpha value is -10.7. The molecule has 0 aliphatic rings. The number of aryl methyl sites for hydroxylation is 1. The monoisotopic (exact) mass is 1070 g/mol. The molecule has 0 spiro atoms. The van der Waals surface area contributed by atoms with E-state index in [2.05, 4.69) is 22.8 Å². The molecular formula is C57H47ClN6O14. The predicted molar refractivity (Wildman–Crippen MR) is 292 cm³/mol. The molecule has 1 heterocycles. The molecule has 1 aromatic heterocycles. The fourth-order valence-electron chi connectivity index (χ4n) is 7.14. The molecule has 0 aliphatic heterocycles. The maximum absolute atomic E-state index is 13.2. The van der Waals surface area contributed by atoms with Gasteiger partial charge in [-0.15, -0.1) is 0 Å². The van der Waals surface area contributed by atoms with Gasteiger partial charge in [0, 0.05) is 67.0 Å². The first-order chi connectivity index (χ1) is 37.3. The number of nitro benzene ring substituents is 2. The molecule has 0 saturated heterocycles. The smallest absolute Gasteiger partial charge is 0.339 e. The lowest BCUT2D eigenvalue weighted by molar-refractivity contribution is -0.385. The lowest BCUT2D eigenvalue weighted by Crippen LogP contribution is -2.27. The average Bonchev–Trinajstić information content (AvgIpc) is 3.73. The molecule has 9 aromatic rings. The lowest BCUT2D eigenvalue weighted by atomic mass is 10.1. The zero-order valence-corrected chi connectivity index (χ0v) is 42.1. The summed E-state index contributed by atoms with van der Waals surface area (Å²) in [6, 6.07) is 53.2. The summed E-state index contributed by atoms with van der Waals surface area (Å²) in [5.74, 6) is -1.32. The van der Waals surface area contributed by atoms with Crippen molar-refractivity contribution in [3.63, 3.8) is 0 Å². The molecule has 20 nitrogen and oxygen atoms in total. The van der Waals surface area contributed by atoms with Crippen molar-refractivity contribution in [1.82, 2.24) is 9.47 Å². The van der Waals surface area contributed by atoms with Crippen LogP contribution >= 0.6 is 11.6 Å². The minimum atomic E-state index is -1.21. The first kappa shape index (κ1) is 56.6. The van der Waals surface area contributed by atoms with Crippen LogP contribution in [-0.4, -0.2) is 65.5 Å². The summed E-state index contributed by atoms with van der Waals surface area (Å²) in [5.41, 5.74) is 14.6. The Morgan fingerprint density at radius 1 is 0.526 bits per heavy atom. The molecule has 0 unspecified atom stereocenters. The third kappa shape index (κ3) is 15.4. The van der Waals surface area contributed by atoms with Crippen LogP contribution in [0.3, 0.4) is 0 Å². The van der Waals surface area contributed by atoms with Crippen molar-refractivity contribution in [3.05, 3.63) is 247 Å². The molecule has 0 bridgehead atoms. The summed E-state index contributed by atoms with van der Waals surface area (Å²) in [6.07, 6.45) is 0. The number of carbonyl (C=O) groups excluding carboxylic acids is 1. The normalized spacial score (nSPS) is 10.2. The number of hydrogen-bond acceptors (Lipinski definition) is 13. The van der Waals surface area contributed by atoms with Crippen LogP contribution in [0.5, 0.6) is 34.5 Å². The van der Waals surface area contributed by atoms with Crippen molar-refractivity contribution in [2.24, 2.45) is 7.05 Å². The summed E-state index contributed by atoms with van der Waals surface area (Å²) in [5, 5.41) is 48.5. The van der Waals surface area contributed by atoms with Gasteiger partial charge in [-0.2, -0.15) is 0 Å². The van der Waals surface area contributed by atoms with Crippen LogP contribution in [0.15, 0.2) is 194 Å². The molecule has 78 heavy (non-hydrogen) atoms.